The van der Waals surface area contributed by atoms with Gasteiger partial charge >= 0.3 is 6.18 Å². The van der Waals surface area contributed by atoms with Crippen LogP contribution in [0.25, 0.3) is 6.08 Å². The molecule has 0 radical (unpaired) electrons. The summed E-state index contributed by atoms with van der Waals surface area (Å²) in [5, 5.41) is -0.00779. The summed E-state index contributed by atoms with van der Waals surface area (Å²) in [5.74, 6) is 0.482. The summed E-state index contributed by atoms with van der Waals surface area (Å²) in [6.45, 7) is 1.45. The second kappa shape index (κ2) is 5.95. The molecule has 1 rings (SSSR count). The molecule has 0 saturated heterocycles. The van der Waals surface area contributed by atoms with Gasteiger partial charge < -0.3 is 5.73 Å². The second-order valence-electron chi connectivity index (χ2n) is 3.55. The van der Waals surface area contributed by atoms with Crippen LogP contribution in [-0.2, 0) is 11.0 Å². The number of anilines is 1. The van der Waals surface area contributed by atoms with E-state index in [1.807, 2.05) is 0 Å². The van der Waals surface area contributed by atoms with Gasteiger partial charge in [0.2, 0.25) is 0 Å². The van der Waals surface area contributed by atoms with Crippen LogP contribution in [0, 0.1) is 0 Å². The van der Waals surface area contributed by atoms with E-state index >= 15 is 0 Å². The van der Waals surface area contributed by atoms with Crippen LogP contribution < -0.4 is 5.73 Å². The zero-order chi connectivity index (χ0) is 13.8. The van der Waals surface area contributed by atoms with Gasteiger partial charge in [-0.1, -0.05) is 30.0 Å². The van der Waals surface area contributed by atoms with Gasteiger partial charge in [-0.3, -0.25) is 4.79 Å². The summed E-state index contributed by atoms with van der Waals surface area (Å²) in [6.07, 6.45) is -1.10. The van der Waals surface area contributed by atoms with Crippen LogP contribution in [0.3, 0.4) is 0 Å². The number of rotatable bonds is 3. The van der Waals surface area contributed by atoms with Gasteiger partial charge in [-0.05, 0) is 17.7 Å². The van der Waals surface area contributed by atoms with E-state index in [2.05, 4.69) is 0 Å². The van der Waals surface area contributed by atoms with Crippen molar-refractivity contribution in [1.82, 2.24) is 0 Å². The van der Waals surface area contributed by atoms with E-state index in [4.69, 9.17) is 5.73 Å². The van der Waals surface area contributed by atoms with Crippen molar-refractivity contribution in [3.05, 3.63) is 35.4 Å². The van der Waals surface area contributed by atoms with Crippen LogP contribution in [-0.4, -0.2) is 10.9 Å². The highest BCUT2D eigenvalue weighted by Crippen LogP contribution is 2.33. The summed E-state index contributed by atoms with van der Waals surface area (Å²) in [5.41, 5.74) is 4.78. The van der Waals surface area contributed by atoms with Crippen LogP contribution in [0.1, 0.15) is 18.1 Å². The van der Waals surface area contributed by atoms with Gasteiger partial charge in [-0.15, -0.1) is 0 Å². The molecule has 0 aromatic heterocycles. The Labute approximate surface area is 107 Å². The lowest BCUT2D eigenvalue weighted by atomic mass is 10.1. The first-order valence-electron chi connectivity index (χ1n) is 5.07. The second-order valence-corrected chi connectivity index (χ2v) is 4.75. The van der Waals surface area contributed by atoms with E-state index in [-0.39, 0.29) is 10.8 Å². The molecule has 1 aromatic rings. The first kappa shape index (κ1) is 14.6. The maximum atomic E-state index is 12.4. The minimum absolute atomic E-state index is 0.00779. The molecule has 6 heteroatoms. The van der Waals surface area contributed by atoms with Crippen molar-refractivity contribution in [2.24, 2.45) is 0 Å². The molecule has 18 heavy (non-hydrogen) atoms. The van der Waals surface area contributed by atoms with E-state index in [1.165, 1.54) is 19.1 Å². The molecule has 98 valence electrons. The third-order valence-corrected chi connectivity index (χ3v) is 2.84. The number of alkyl halides is 3. The standard InChI is InChI=1S/C12H12F3NOS/c1-8(17)18-6-2-3-9-4-5-10(11(16)7-9)12(13,14)15/h2-5,7H,6,16H2,1H3. The molecule has 2 N–H and O–H groups in total. The summed E-state index contributed by atoms with van der Waals surface area (Å²) in [7, 11) is 0. The van der Waals surface area contributed by atoms with Crippen molar-refractivity contribution < 1.29 is 18.0 Å². The summed E-state index contributed by atoms with van der Waals surface area (Å²) in [6, 6.07) is 3.55. The molecule has 2 nitrogen and oxygen atoms in total. The van der Waals surface area contributed by atoms with E-state index in [9.17, 15) is 18.0 Å². The number of benzene rings is 1. The van der Waals surface area contributed by atoms with Crippen molar-refractivity contribution in [3.63, 3.8) is 0 Å². The Morgan fingerprint density at radius 3 is 2.61 bits per heavy atom. The zero-order valence-electron chi connectivity index (χ0n) is 9.62. The fourth-order valence-corrected chi connectivity index (χ4v) is 1.72. The predicted molar refractivity (Wildman–Crippen MR) is 68.0 cm³/mol. The maximum absolute atomic E-state index is 12.4. The lowest BCUT2D eigenvalue weighted by molar-refractivity contribution is -0.136. The van der Waals surface area contributed by atoms with Crippen molar-refractivity contribution in [2.45, 2.75) is 13.1 Å². The number of thioether (sulfide) groups is 1. The first-order valence-corrected chi connectivity index (χ1v) is 6.06. The van der Waals surface area contributed by atoms with Gasteiger partial charge in [0.05, 0.1) is 5.56 Å². The van der Waals surface area contributed by atoms with Crippen LogP contribution in [0.4, 0.5) is 18.9 Å². The molecule has 0 atom stereocenters. The largest absolute Gasteiger partial charge is 0.418 e. The molecule has 0 spiro atoms. The summed E-state index contributed by atoms with van der Waals surface area (Å²) >= 11 is 1.13. The molecule has 0 aliphatic heterocycles. The van der Waals surface area contributed by atoms with Crippen LogP contribution in [0.15, 0.2) is 24.3 Å². The minimum Gasteiger partial charge on any atom is -0.398 e. The Morgan fingerprint density at radius 1 is 1.44 bits per heavy atom. The van der Waals surface area contributed by atoms with E-state index < -0.39 is 11.7 Å². The van der Waals surface area contributed by atoms with Crippen molar-refractivity contribution in [3.8, 4) is 0 Å². The zero-order valence-corrected chi connectivity index (χ0v) is 10.4. The Bertz CT molecular complexity index is 469. The smallest absolute Gasteiger partial charge is 0.398 e. The highest BCUT2D eigenvalue weighted by molar-refractivity contribution is 8.13. The molecule has 0 heterocycles. The lowest BCUT2D eigenvalue weighted by Gasteiger charge is -2.09. The third kappa shape index (κ3) is 4.44. The molecule has 0 unspecified atom stereocenters. The van der Waals surface area contributed by atoms with Gasteiger partial charge in [-0.25, -0.2) is 0 Å². The maximum Gasteiger partial charge on any atom is 0.418 e. The molecule has 0 aliphatic carbocycles. The topological polar surface area (TPSA) is 43.1 Å². The Balaban J connectivity index is 2.76. The molecule has 1 aromatic carbocycles. The number of halogens is 3. The molecular formula is C12H12F3NOS. The Kier molecular flexibility index (Phi) is 4.84. The van der Waals surface area contributed by atoms with Gasteiger partial charge in [0, 0.05) is 18.4 Å². The Morgan fingerprint density at radius 2 is 2.11 bits per heavy atom. The minimum atomic E-state index is -4.43. The Hall–Kier alpha value is -1.43. The number of hydrogen-bond donors (Lipinski definition) is 1. The monoisotopic (exact) mass is 275 g/mol. The number of nitrogens with two attached hydrogens (primary N) is 1. The molecule has 0 bridgehead atoms. The van der Waals surface area contributed by atoms with Crippen molar-refractivity contribution >= 4 is 28.6 Å². The summed E-state index contributed by atoms with van der Waals surface area (Å²) in [4.78, 5) is 10.6. The number of nitrogen functional groups attached to an aromatic ring is 1. The van der Waals surface area contributed by atoms with Crippen molar-refractivity contribution in [2.75, 3.05) is 11.5 Å². The van der Waals surface area contributed by atoms with Gasteiger partial charge in [0.15, 0.2) is 5.12 Å². The lowest BCUT2D eigenvalue weighted by Crippen LogP contribution is -2.08. The fourth-order valence-electron chi connectivity index (χ4n) is 1.29. The van der Waals surface area contributed by atoms with Gasteiger partial charge in [0.1, 0.15) is 0 Å². The number of hydrogen-bond acceptors (Lipinski definition) is 3. The molecule has 0 fully saturated rings. The highest BCUT2D eigenvalue weighted by atomic mass is 32.2. The van der Waals surface area contributed by atoms with Gasteiger partial charge in [-0.2, -0.15) is 13.2 Å². The SMILES string of the molecule is CC(=O)SCC=Cc1ccc(C(F)(F)F)c(N)c1. The average molecular weight is 275 g/mol. The normalized spacial score (nSPS) is 12.0. The van der Waals surface area contributed by atoms with Crippen LogP contribution >= 0.6 is 11.8 Å². The number of carbonyl (C=O) groups excluding carboxylic acids is 1. The summed E-state index contributed by atoms with van der Waals surface area (Å²) < 4.78 is 37.3. The van der Waals surface area contributed by atoms with E-state index in [0.717, 1.165) is 17.8 Å². The van der Waals surface area contributed by atoms with Crippen LogP contribution in [0.2, 0.25) is 0 Å². The highest BCUT2D eigenvalue weighted by Gasteiger charge is 2.32. The molecule has 0 amide bonds. The fraction of sp³-hybridized carbons (Fsp3) is 0.250. The molecular weight excluding hydrogens is 263 g/mol. The van der Waals surface area contributed by atoms with Crippen molar-refractivity contribution in [1.29, 1.82) is 0 Å². The van der Waals surface area contributed by atoms with Crippen LogP contribution in [0.5, 0.6) is 0 Å². The predicted octanol–water partition coefficient (Wildman–Crippen LogP) is 3.58. The van der Waals surface area contributed by atoms with Gasteiger partial charge in [0.25, 0.3) is 0 Å². The average Bonchev–Trinajstić information content (AvgIpc) is 2.22. The van der Waals surface area contributed by atoms with E-state index in [1.54, 1.807) is 12.2 Å². The quantitative estimate of drug-likeness (QED) is 0.857. The first-order chi connectivity index (χ1) is 8.30. The molecule has 0 saturated carbocycles. The number of carbonyl (C=O) groups is 1. The molecule has 0 aliphatic rings. The van der Waals surface area contributed by atoms with E-state index in [0.29, 0.717) is 11.3 Å². The third-order valence-electron chi connectivity index (χ3n) is 2.07.